The third-order valence-corrected chi connectivity index (χ3v) is 4.20. The molecule has 2 fully saturated rings. The molecule has 1 heterocycles. The summed E-state index contributed by atoms with van der Waals surface area (Å²) in [6, 6.07) is 4.35. The van der Waals surface area contributed by atoms with Crippen LogP contribution in [0.3, 0.4) is 0 Å². The lowest BCUT2D eigenvalue weighted by Crippen LogP contribution is -2.29. The van der Waals surface area contributed by atoms with E-state index in [-0.39, 0.29) is 0 Å². The lowest BCUT2D eigenvalue weighted by molar-refractivity contribution is 0.669. The topological polar surface area (TPSA) is 42.1 Å². The molecule has 0 amide bonds. The summed E-state index contributed by atoms with van der Waals surface area (Å²) in [5.41, 5.74) is 8.22. The average Bonchev–Trinajstić information content (AvgIpc) is 3.32. The minimum atomic E-state index is 0.614. The van der Waals surface area contributed by atoms with Crippen LogP contribution in [0.4, 0.5) is 5.82 Å². The van der Waals surface area contributed by atoms with Crippen LogP contribution in [0.5, 0.6) is 0 Å². The Morgan fingerprint density at radius 1 is 1.16 bits per heavy atom. The van der Waals surface area contributed by atoms with Crippen molar-refractivity contribution in [1.29, 1.82) is 0 Å². The Balaban J connectivity index is 1.81. The summed E-state index contributed by atoms with van der Waals surface area (Å²) in [7, 11) is 0. The maximum absolute atomic E-state index is 5.82. The average molecular weight is 259 g/mol. The van der Waals surface area contributed by atoms with E-state index in [1.807, 2.05) is 0 Å². The summed E-state index contributed by atoms with van der Waals surface area (Å²) in [5, 5.41) is 0. The van der Waals surface area contributed by atoms with Crippen molar-refractivity contribution in [3.05, 3.63) is 23.4 Å². The van der Waals surface area contributed by atoms with Crippen LogP contribution >= 0.6 is 0 Å². The molecule has 19 heavy (non-hydrogen) atoms. The second-order valence-corrected chi connectivity index (χ2v) is 6.17. The summed E-state index contributed by atoms with van der Waals surface area (Å²) >= 11 is 0. The predicted octanol–water partition coefficient (Wildman–Crippen LogP) is 2.73. The molecule has 0 unspecified atom stereocenters. The van der Waals surface area contributed by atoms with Crippen LogP contribution in [0.1, 0.15) is 43.9 Å². The van der Waals surface area contributed by atoms with E-state index in [0.717, 1.165) is 18.3 Å². The van der Waals surface area contributed by atoms with Crippen molar-refractivity contribution in [2.45, 2.75) is 45.6 Å². The highest BCUT2D eigenvalue weighted by Gasteiger charge is 2.30. The van der Waals surface area contributed by atoms with Crippen LogP contribution in [0.15, 0.2) is 12.1 Å². The highest BCUT2D eigenvalue weighted by molar-refractivity contribution is 5.43. The van der Waals surface area contributed by atoms with Gasteiger partial charge in [0, 0.05) is 25.3 Å². The van der Waals surface area contributed by atoms with Gasteiger partial charge in [-0.15, -0.1) is 0 Å². The van der Waals surface area contributed by atoms with Crippen LogP contribution in [0.2, 0.25) is 0 Å². The molecule has 3 rings (SSSR count). The Labute approximate surface area is 116 Å². The molecule has 0 atom stereocenters. The molecule has 2 N–H and O–H groups in total. The SMILES string of the molecule is CCc1cc(CN)cc(N(CC2CC2)CC2CC2)n1. The van der Waals surface area contributed by atoms with Gasteiger partial charge in [-0.05, 0) is 61.6 Å². The molecule has 1 aromatic rings. The van der Waals surface area contributed by atoms with E-state index >= 15 is 0 Å². The molecule has 3 nitrogen and oxygen atoms in total. The first-order chi connectivity index (χ1) is 9.28. The van der Waals surface area contributed by atoms with Crippen molar-refractivity contribution >= 4 is 5.82 Å². The Kier molecular flexibility index (Phi) is 3.74. The molecule has 0 saturated heterocycles. The molecule has 1 aromatic heterocycles. The molecule has 0 bridgehead atoms. The fourth-order valence-corrected chi connectivity index (χ4v) is 2.58. The molecule has 2 aliphatic rings. The number of rotatable bonds is 7. The van der Waals surface area contributed by atoms with E-state index in [1.165, 1.54) is 55.8 Å². The van der Waals surface area contributed by atoms with E-state index in [2.05, 4.69) is 24.0 Å². The van der Waals surface area contributed by atoms with E-state index in [4.69, 9.17) is 10.7 Å². The summed E-state index contributed by atoms with van der Waals surface area (Å²) in [4.78, 5) is 7.35. The zero-order valence-electron chi connectivity index (χ0n) is 11.9. The van der Waals surface area contributed by atoms with Gasteiger partial charge in [0.25, 0.3) is 0 Å². The molecule has 0 aromatic carbocycles. The Morgan fingerprint density at radius 3 is 2.26 bits per heavy atom. The van der Waals surface area contributed by atoms with Crippen LogP contribution in [-0.2, 0) is 13.0 Å². The van der Waals surface area contributed by atoms with Gasteiger partial charge in [-0.1, -0.05) is 6.92 Å². The third kappa shape index (κ3) is 3.47. The number of pyridine rings is 1. The standard InChI is InChI=1S/C16H25N3/c1-2-15-7-14(9-17)8-16(18-15)19(10-12-3-4-12)11-13-5-6-13/h7-8,12-13H,2-6,9-11,17H2,1H3. The highest BCUT2D eigenvalue weighted by Crippen LogP contribution is 2.35. The number of aryl methyl sites for hydroxylation is 1. The van der Waals surface area contributed by atoms with Gasteiger partial charge in [0.2, 0.25) is 0 Å². The molecule has 3 heteroatoms. The quantitative estimate of drug-likeness (QED) is 0.818. The van der Waals surface area contributed by atoms with E-state index in [1.54, 1.807) is 0 Å². The molecule has 0 aliphatic heterocycles. The minimum Gasteiger partial charge on any atom is -0.356 e. The van der Waals surface area contributed by atoms with Crippen molar-refractivity contribution in [1.82, 2.24) is 4.98 Å². The monoisotopic (exact) mass is 259 g/mol. The largest absolute Gasteiger partial charge is 0.356 e. The van der Waals surface area contributed by atoms with Crippen LogP contribution in [0, 0.1) is 11.8 Å². The lowest BCUT2D eigenvalue weighted by atomic mass is 10.2. The first kappa shape index (κ1) is 12.9. The number of nitrogens with two attached hydrogens (primary N) is 1. The van der Waals surface area contributed by atoms with Gasteiger partial charge in [-0.25, -0.2) is 4.98 Å². The number of hydrogen-bond acceptors (Lipinski definition) is 3. The maximum Gasteiger partial charge on any atom is 0.129 e. The van der Waals surface area contributed by atoms with Crippen molar-refractivity contribution in [2.24, 2.45) is 17.6 Å². The molecule has 2 saturated carbocycles. The first-order valence-corrected chi connectivity index (χ1v) is 7.73. The summed E-state index contributed by atoms with van der Waals surface area (Å²) in [6.45, 7) is 5.17. The lowest BCUT2D eigenvalue weighted by Gasteiger charge is -2.25. The number of nitrogens with zero attached hydrogens (tertiary/aromatic N) is 2. The smallest absolute Gasteiger partial charge is 0.129 e. The third-order valence-electron chi connectivity index (χ3n) is 4.20. The van der Waals surface area contributed by atoms with Crippen molar-refractivity contribution in [3.63, 3.8) is 0 Å². The molecular weight excluding hydrogens is 234 g/mol. The van der Waals surface area contributed by atoms with E-state index < -0.39 is 0 Å². The Bertz CT molecular complexity index is 399. The molecule has 2 aliphatic carbocycles. The molecule has 104 valence electrons. The predicted molar refractivity (Wildman–Crippen MR) is 79.2 cm³/mol. The normalized spacial score (nSPS) is 18.6. The Morgan fingerprint density at radius 2 is 1.79 bits per heavy atom. The molecule has 0 radical (unpaired) electrons. The Hall–Kier alpha value is -1.09. The fraction of sp³-hybridized carbons (Fsp3) is 0.688. The van der Waals surface area contributed by atoms with E-state index in [9.17, 15) is 0 Å². The van der Waals surface area contributed by atoms with Crippen LogP contribution in [-0.4, -0.2) is 18.1 Å². The van der Waals surface area contributed by atoms with Gasteiger partial charge in [-0.3, -0.25) is 0 Å². The van der Waals surface area contributed by atoms with E-state index in [0.29, 0.717) is 6.54 Å². The summed E-state index contributed by atoms with van der Waals surface area (Å²) < 4.78 is 0. The second-order valence-electron chi connectivity index (χ2n) is 6.17. The second kappa shape index (κ2) is 5.49. The van der Waals surface area contributed by atoms with Crippen molar-refractivity contribution < 1.29 is 0 Å². The zero-order chi connectivity index (χ0) is 13.2. The van der Waals surface area contributed by atoms with Gasteiger partial charge in [-0.2, -0.15) is 0 Å². The number of anilines is 1. The number of hydrogen-bond donors (Lipinski definition) is 1. The molecular formula is C16H25N3. The number of aromatic nitrogens is 1. The minimum absolute atomic E-state index is 0.614. The van der Waals surface area contributed by atoms with Crippen molar-refractivity contribution in [3.8, 4) is 0 Å². The summed E-state index contributed by atoms with van der Waals surface area (Å²) in [6.07, 6.45) is 6.59. The zero-order valence-corrected chi connectivity index (χ0v) is 11.9. The first-order valence-electron chi connectivity index (χ1n) is 7.73. The highest BCUT2D eigenvalue weighted by atomic mass is 15.2. The maximum atomic E-state index is 5.82. The van der Waals surface area contributed by atoms with Gasteiger partial charge in [0.15, 0.2) is 0 Å². The molecule has 0 spiro atoms. The van der Waals surface area contributed by atoms with Gasteiger partial charge >= 0.3 is 0 Å². The van der Waals surface area contributed by atoms with Crippen LogP contribution in [0.25, 0.3) is 0 Å². The fourth-order valence-electron chi connectivity index (χ4n) is 2.58. The summed E-state index contributed by atoms with van der Waals surface area (Å²) in [5.74, 6) is 2.98. The van der Waals surface area contributed by atoms with Crippen LogP contribution < -0.4 is 10.6 Å². The van der Waals surface area contributed by atoms with Gasteiger partial charge in [0.05, 0.1) is 0 Å². The van der Waals surface area contributed by atoms with Crippen molar-refractivity contribution in [2.75, 3.05) is 18.0 Å². The van der Waals surface area contributed by atoms with Gasteiger partial charge < -0.3 is 10.6 Å². The van der Waals surface area contributed by atoms with Gasteiger partial charge in [0.1, 0.15) is 5.82 Å².